The first-order valence-electron chi connectivity index (χ1n) is 4.40. The van der Waals surface area contributed by atoms with E-state index >= 15 is 0 Å². The third-order valence-electron chi connectivity index (χ3n) is 1.91. The number of benzene rings is 1. The van der Waals surface area contributed by atoms with Crippen molar-refractivity contribution in [2.75, 3.05) is 6.26 Å². The van der Waals surface area contributed by atoms with Gasteiger partial charge in [0.2, 0.25) is 0 Å². The second-order valence-corrected chi connectivity index (χ2v) is 5.23. The molecular weight excluding hydrogens is 228 g/mol. The molecule has 0 spiro atoms. The van der Waals surface area contributed by atoms with Crippen molar-refractivity contribution in [2.45, 2.75) is 11.4 Å². The molecule has 0 heterocycles. The van der Waals surface area contributed by atoms with Crippen LogP contribution >= 0.6 is 0 Å². The normalized spacial score (nSPS) is 10.5. The SMILES string of the molecule is CS(=O)(=O)c1ccc(CNC(=O)C#N)cc1. The molecule has 0 bridgehead atoms. The van der Waals surface area contributed by atoms with E-state index in [4.69, 9.17) is 5.26 Å². The van der Waals surface area contributed by atoms with Crippen LogP contribution in [-0.4, -0.2) is 20.6 Å². The monoisotopic (exact) mass is 238 g/mol. The highest BCUT2D eigenvalue weighted by molar-refractivity contribution is 7.90. The van der Waals surface area contributed by atoms with Crippen LogP contribution in [0.5, 0.6) is 0 Å². The van der Waals surface area contributed by atoms with Gasteiger partial charge in [-0.3, -0.25) is 4.79 Å². The summed E-state index contributed by atoms with van der Waals surface area (Å²) in [4.78, 5) is 10.9. The van der Waals surface area contributed by atoms with Gasteiger partial charge in [0, 0.05) is 12.8 Å². The van der Waals surface area contributed by atoms with Crippen molar-refractivity contribution < 1.29 is 13.2 Å². The molecule has 5 nitrogen and oxygen atoms in total. The fourth-order valence-corrected chi connectivity index (χ4v) is 1.71. The van der Waals surface area contributed by atoms with Crippen molar-refractivity contribution in [3.8, 4) is 6.07 Å². The second kappa shape index (κ2) is 4.77. The number of amides is 1. The Bertz CT molecular complexity index is 526. The number of sulfone groups is 1. The summed E-state index contributed by atoms with van der Waals surface area (Å²) in [7, 11) is -3.20. The zero-order valence-electron chi connectivity index (χ0n) is 8.60. The van der Waals surface area contributed by atoms with Crippen LogP contribution in [0.2, 0.25) is 0 Å². The molecule has 0 radical (unpaired) electrons. The topological polar surface area (TPSA) is 87.0 Å². The third kappa shape index (κ3) is 3.37. The Morgan fingerprint density at radius 1 is 1.38 bits per heavy atom. The summed E-state index contributed by atoms with van der Waals surface area (Å²) >= 11 is 0. The number of nitrogens with zero attached hydrogens (tertiary/aromatic N) is 1. The molecule has 1 aromatic rings. The Labute approximate surface area is 93.6 Å². The number of nitrogens with one attached hydrogen (secondary N) is 1. The van der Waals surface area contributed by atoms with Crippen LogP contribution in [0.15, 0.2) is 29.2 Å². The summed E-state index contributed by atoms with van der Waals surface area (Å²) < 4.78 is 22.3. The minimum atomic E-state index is -3.20. The summed E-state index contributed by atoms with van der Waals surface area (Å²) in [6, 6.07) is 7.53. The van der Waals surface area contributed by atoms with Crippen molar-refractivity contribution in [1.29, 1.82) is 5.26 Å². The Balaban J connectivity index is 2.74. The van der Waals surface area contributed by atoms with Gasteiger partial charge in [-0.05, 0) is 17.7 Å². The van der Waals surface area contributed by atoms with Gasteiger partial charge in [0.05, 0.1) is 4.90 Å². The first-order chi connectivity index (χ1) is 7.43. The predicted octanol–water partition coefficient (Wildman–Crippen LogP) is 0.230. The maximum Gasteiger partial charge on any atom is 0.322 e. The molecule has 0 aliphatic carbocycles. The lowest BCUT2D eigenvalue weighted by atomic mass is 10.2. The molecule has 1 amide bonds. The highest BCUT2D eigenvalue weighted by atomic mass is 32.2. The minimum Gasteiger partial charge on any atom is -0.339 e. The van der Waals surface area contributed by atoms with Crippen LogP contribution in [0.3, 0.4) is 0 Å². The average Bonchev–Trinajstić information content (AvgIpc) is 2.25. The molecule has 0 aliphatic heterocycles. The summed E-state index contributed by atoms with van der Waals surface area (Å²) in [6.45, 7) is 0.205. The molecular formula is C10H10N2O3S. The van der Waals surface area contributed by atoms with Crippen LogP contribution in [0.1, 0.15) is 5.56 Å². The summed E-state index contributed by atoms with van der Waals surface area (Å²) in [5, 5.41) is 10.6. The molecule has 0 aromatic heterocycles. The van der Waals surface area contributed by atoms with Gasteiger partial charge in [-0.25, -0.2) is 8.42 Å². The Kier molecular flexibility index (Phi) is 3.64. The minimum absolute atomic E-state index is 0.205. The smallest absolute Gasteiger partial charge is 0.322 e. The van der Waals surface area contributed by atoms with E-state index in [0.717, 1.165) is 11.8 Å². The average molecular weight is 238 g/mol. The number of hydrogen-bond donors (Lipinski definition) is 1. The standard InChI is InChI=1S/C10H10N2O3S/c1-16(14,15)9-4-2-8(3-5-9)7-12-10(13)6-11/h2-5H,7H2,1H3,(H,12,13). The van der Waals surface area contributed by atoms with Crippen molar-refractivity contribution in [2.24, 2.45) is 0 Å². The lowest BCUT2D eigenvalue weighted by molar-refractivity contribution is -0.116. The molecule has 16 heavy (non-hydrogen) atoms. The van der Waals surface area contributed by atoms with E-state index in [1.165, 1.54) is 18.2 Å². The molecule has 0 unspecified atom stereocenters. The summed E-state index contributed by atoms with van der Waals surface area (Å²) in [5.41, 5.74) is 0.732. The van der Waals surface area contributed by atoms with Gasteiger partial charge in [0.15, 0.2) is 15.9 Å². The zero-order chi connectivity index (χ0) is 12.2. The van der Waals surface area contributed by atoms with Crippen LogP contribution in [0.25, 0.3) is 0 Å². The zero-order valence-corrected chi connectivity index (χ0v) is 9.41. The fourth-order valence-electron chi connectivity index (χ4n) is 1.08. The van der Waals surface area contributed by atoms with Crippen LogP contribution in [-0.2, 0) is 21.2 Å². The Hall–Kier alpha value is -1.87. The van der Waals surface area contributed by atoms with E-state index in [1.54, 1.807) is 12.1 Å². The molecule has 0 saturated carbocycles. The van der Waals surface area contributed by atoms with Crippen molar-refractivity contribution in [1.82, 2.24) is 5.32 Å². The van der Waals surface area contributed by atoms with Gasteiger partial charge >= 0.3 is 5.91 Å². The van der Waals surface area contributed by atoms with Crippen molar-refractivity contribution in [3.05, 3.63) is 29.8 Å². The first-order valence-corrected chi connectivity index (χ1v) is 6.29. The number of carbonyl (C=O) groups excluding carboxylic acids is 1. The van der Waals surface area contributed by atoms with Gasteiger partial charge in [0.25, 0.3) is 0 Å². The molecule has 0 aliphatic rings. The summed E-state index contributed by atoms with van der Waals surface area (Å²) in [5.74, 6) is -0.716. The van der Waals surface area contributed by atoms with Gasteiger partial charge in [-0.2, -0.15) is 5.26 Å². The quantitative estimate of drug-likeness (QED) is 0.763. The van der Waals surface area contributed by atoms with Crippen LogP contribution in [0.4, 0.5) is 0 Å². The van der Waals surface area contributed by atoms with Gasteiger partial charge in [-0.15, -0.1) is 0 Å². The molecule has 0 saturated heterocycles. The Morgan fingerprint density at radius 2 is 1.94 bits per heavy atom. The molecule has 1 aromatic carbocycles. The highest BCUT2D eigenvalue weighted by Gasteiger charge is 2.06. The van der Waals surface area contributed by atoms with E-state index in [9.17, 15) is 13.2 Å². The molecule has 0 atom stereocenters. The maximum absolute atomic E-state index is 11.1. The number of hydrogen-bond acceptors (Lipinski definition) is 4. The number of nitriles is 1. The van der Waals surface area contributed by atoms with Gasteiger partial charge in [0.1, 0.15) is 0 Å². The van der Waals surface area contributed by atoms with E-state index in [-0.39, 0.29) is 11.4 Å². The Morgan fingerprint density at radius 3 is 2.38 bits per heavy atom. The van der Waals surface area contributed by atoms with Gasteiger partial charge in [-0.1, -0.05) is 12.1 Å². The van der Waals surface area contributed by atoms with E-state index in [0.29, 0.717) is 0 Å². The number of carbonyl (C=O) groups is 1. The largest absolute Gasteiger partial charge is 0.339 e. The fraction of sp³-hybridized carbons (Fsp3) is 0.200. The second-order valence-electron chi connectivity index (χ2n) is 3.21. The molecule has 1 rings (SSSR count). The third-order valence-corrected chi connectivity index (χ3v) is 3.03. The predicted molar refractivity (Wildman–Crippen MR) is 57.0 cm³/mol. The van der Waals surface area contributed by atoms with E-state index in [1.807, 2.05) is 0 Å². The highest BCUT2D eigenvalue weighted by Crippen LogP contribution is 2.09. The maximum atomic E-state index is 11.1. The number of rotatable bonds is 3. The molecule has 1 N–H and O–H groups in total. The van der Waals surface area contributed by atoms with Crippen molar-refractivity contribution in [3.63, 3.8) is 0 Å². The molecule has 0 fully saturated rings. The van der Waals surface area contributed by atoms with Crippen LogP contribution in [0, 0.1) is 11.3 Å². The van der Waals surface area contributed by atoms with Crippen molar-refractivity contribution >= 4 is 15.7 Å². The van der Waals surface area contributed by atoms with Crippen LogP contribution < -0.4 is 5.32 Å². The van der Waals surface area contributed by atoms with E-state index < -0.39 is 15.7 Å². The molecule has 84 valence electrons. The van der Waals surface area contributed by atoms with E-state index in [2.05, 4.69) is 5.32 Å². The lowest BCUT2D eigenvalue weighted by Crippen LogP contribution is -2.20. The lowest BCUT2D eigenvalue weighted by Gasteiger charge is -2.02. The van der Waals surface area contributed by atoms with Gasteiger partial charge < -0.3 is 5.32 Å². The summed E-state index contributed by atoms with van der Waals surface area (Å²) in [6.07, 6.45) is 1.12. The first kappa shape index (κ1) is 12.2. The molecule has 6 heteroatoms.